The lowest BCUT2D eigenvalue weighted by Crippen LogP contribution is -2.32. The molecule has 36 heteroatoms. The van der Waals surface area contributed by atoms with Crippen LogP contribution in [0.5, 0.6) is 0 Å². The van der Waals surface area contributed by atoms with Crippen LogP contribution in [0.2, 0.25) is 20.1 Å². The Kier molecular flexibility index (Phi) is 29.4. The van der Waals surface area contributed by atoms with Crippen LogP contribution in [0.25, 0.3) is 88.4 Å². The summed E-state index contributed by atoms with van der Waals surface area (Å²) in [6, 6.07) is 64.1. The topological polar surface area (TPSA) is 359 Å². The molecule has 0 saturated heterocycles. The van der Waals surface area contributed by atoms with Gasteiger partial charge in [-0.15, -0.1) is 0 Å². The van der Waals surface area contributed by atoms with Crippen LogP contribution >= 0.6 is 46.4 Å². The first-order valence-corrected chi connectivity index (χ1v) is 45.7. The molecular formula is C104H89Cl4FN20O10S. The average Bonchev–Trinajstić information content (AvgIpc) is 1.58. The van der Waals surface area contributed by atoms with Crippen LogP contribution in [0.15, 0.2) is 287 Å². The number of nitrogens with zero attached hydrogens (tertiary/aromatic N) is 16. The molecule has 0 saturated carbocycles. The Morgan fingerprint density at radius 2 is 0.621 bits per heavy atom. The van der Waals surface area contributed by atoms with Gasteiger partial charge in [0.15, 0.2) is 22.6 Å². The minimum absolute atomic E-state index is 0. The second kappa shape index (κ2) is 41.8. The van der Waals surface area contributed by atoms with Crippen molar-refractivity contribution in [2.75, 3.05) is 0 Å². The van der Waals surface area contributed by atoms with Crippen LogP contribution in [0.4, 0.5) is 4.39 Å². The van der Waals surface area contributed by atoms with E-state index in [4.69, 9.17) is 54.8 Å². The molecule has 8 aromatic carbocycles. The number of benzene rings is 8. The molecule has 30 nitrogen and oxygen atoms in total. The summed E-state index contributed by atoms with van der Waals surface area (Å²) in [5, 5.41) is 35.4. The molecule has 0 aliphatic rings. The van der Waals surface area contributed by atoms with Gasteiger partial charge in [0.2, 0.25) is 0 Å². The normalized spacial score (nSPS) is 12.0. The smallest absolute Gasteiger partial charge is 0.335 e. The minimum Gasteiger partial charge on any atom is -0.344 e. The summed E-state index contributed by atoms with van der Waals surface area (Å²) in [4.78, 5) is 125. The highest BCUT2D eigenvalue weighted by Gasteiger charge is 2.31. The molecule has 0 fully saturated rings. The molecule has 140 heavy (non-hydrogen) atoms. The van der Waals surface area contributed by atoms with E-state index in [0.29, 0.717) is 149 Å². The lowest BCUT2D eigenvalue weighted by molar-refractivity contribution is 0.0931. The Morgan fingerprint density at radius 3 is 0.964 bits per heavy atom. The van der Waals surface area contributed by atoms with Gasteiger partial charge in [0.25, 0.3) is 45.9 Å². The Morgan fingerprint density at radius 1 is 0.336 bits per heavy atom. The summed E-state index contributed by atoms with van der Waals surface area (Å²) in [6.07, 6.45) is 11.7. The molecule has 0 aliphatic heterocycles. The molecule has 0 aliphatic carbocycles. The number of carbonyl (C=O) groups excluding carboxylic acids is 4. The van der Waals surface area contributed by atoms with Gasteiger partial charge in [-0.05, 0) is 218 Å². The van der Waals surface area contributed by atoms with Gasteiger partial charge >= 0.3 is 11.6 Å². The number of nitrogens with one attached hydrogen (secondary N) is 4. The molecule has 4 atom stereocenters. The zero-order valence-corrected chi connectivity index (χ0v) is 80.1. The summed E-state index contributed by atoms with van der Waals surface area (Å²) in [5.74, 6) is -1.91. The second-order valence-electron chi connectivity index (χ2n) is 32.7. The van der Waals surface area contributed by atoms with Crippen LogP contribution in [0.1, 0.15) is 163 Å². The number of aryl methyl sites for hydroxylation is 7. The standard InChI is InChI=1S/3C26H22ClN5O2.C25H19ClFN5O2.CH4.O2S/c2*1-15-8-4-5-11-20(15)32-21(14-18-9-6-10-19(27)23(18)26(32)34)16(2)29-25(33)22-17(3)30-31-13-7-12-28-24(22)31;1-15-12-13-28-24-22(17(3)30-32(15)24)25(33)29-16(2)21-14-18-8-7-11-20(27)23(18)26(34)31(21)19-9-5-4-6-10-19;1-14(29-24(33)21-15(2)30-31-12-6-11-28-23(21)31)20-13-16-7-5-8-17(26)22(16)25(34)32(20)19-10-4-3-9-18(19)27;;1-3-2/h3*4-14,16H,1-3H3,(H,29,33);3-14H,1-2H3,(H,29,33);1H4;/t3*16-;14-;;/m0000../s1. The van der Waals surface area contributed by atoms with Gasteiger partial charge < -0.3 is 21.3 Å². The molecule has 4 amide bonds. The predicted octanol–water partition coefficient (Wildman–Crippen LogP) is 19.0. The van der Waals surface area contributed by atoms with Crippen molar-refractivity contribution < 1.29 is 32.0 Å². The van der Waals surface area contributed by atoms with E-state index in [1.54, 1.807) is 184 Å². The number of hydrogen-bond donors (Lipinski definition) is 4. The number of aromatic nitrogens is 16. The van der Waals surface area contributed by atoms with E-state index in [1.807, 2.05) is 175 Å². The van der Waals surface area contributed by atoms with E-state index in [-0.39, 0.29) is 57.9 Å². The molecule has 0 spiro atoms. The monoisotopic (exact) mass is 1970 g/mol. The maximum atomic E-state index is 14.8. The number of para-hydroxylation sites is 4. The van der Waals surface area contributed by atoms with E-state index >= 15 is 0 Å². The third kappa shape index (κ3) is 19.3. The highest BCUT2D eigenvalue weighted by atomic mass is 35.5. The van der Waals surface area contributed by atoms with Crippen molar-refractivity contribution in [3.63, 3.8) is 0 Å². The van der Waals surface area contributed by atoms with Crippen LogP contribution < -0.4 is 43.5 Å². The van der Waals surface area contributed by atoms with Crippen LogP contribution in [-0.2, 0) is 11.6 Å². The first-order chi connectivity index (χ1) is 66.9. The Labute approximate surface area is 821 Å². The van der Waals surface area contributed by atoms with Crippen LogP contribution in [0.3, 0.4) is 0 Å². The van der Waals surface area contributed by atoms with E-state index < -0.39 is 53.0 Å². The summed E-state index contributed by atoms with van der Waals surface area (Å²) in [7, 11) is 0. The van der Waals surface area contributed by atoms with Crippen molar-refractivity contribution in [3.05, 3.63) is 420 Å². The van der Waals surface area contributed by atoms with Crippen molar-refractivity contribution in [1.82, 2.24) is 97.9 Å². The summed E-state index contributed by atoms with van der Waals surface area (Å²) in [5.41, 5.74) is 11.8. The molecule has 12 aromatic heterocycles. The fraction of sp³-hybridized carbons (Fsp3) is 0.154. The van der Waals surface area contributed by atoms with E-state index in [2.05, 4.69) is 61.6 Å². The Hall–Kier alpha value is -16.1. The highest BCUT2D eigenvalue weighted by molar-refractivity contribution is 7.51. The number of fused-ring (bicyclic) bond motifs is 8. The van der Waals surface area contributed by atoms with E-state index in [0.717, 1.165) is 28.2 Å². The largest absolute Gasteiger partial charge is 0.344 e. The molecule has 0 unspecified atom stereocenters. The van der Waals surface area contributed by atoms with Gasteiger partial charge in [0, 0.05) is 77.5 Å². The first kappa shape index (κ1) is 98.4. The highest BCUT2D eigenvalue weighted by Crippen LogP contribution is 2.34. The fourth-order valence-corrected chi connectivity index (χ4v) is 18.1. The second-order valence-corrected chi connectivity index (χ2v) is 34.5. The zero-order chi connectivity index (χ0) is 98.6. The molecule has 706 valence electrons. The number of amides is 4. The van der Waals surface area contributed by atoms with Gasteiger partial charge in [0.05, 0.1) is 106 Å². The molecule has 0 radical (unpaired) electrons. The maximum Gasteiger partial charge on any atom is 0.335 e. The molecule has 12 heterocycles. The quantitative estimate of drug-likeness (QED) is 0.0698. The SMILES string of the molecule is C.Cc1ccccc1-n1c([C@H](C)NC(=O)c2c(C)nn3cccnc23)cc2cccc(Cl)c2c1=O.Cc1ccccc1-n1c([C@H](C)NC(=O)c2c(C)nn3cccnc23)cc2cccc(Cl)c2c1=O.Cc1nn2c(C)ccnc2c1C(=O)N[C@@H](C)c1cc2cccc(Cl)c2c(=O)n1-c1ccccc1.Cc1nn2cccnc2c1C(=O)N[C@@H](C)c1cc2cccc(Cl)c2c(=O)n1-c1ccccc1F.O=S=O. The lowest BCUT2D eigenvalue weighted by atomic mass is 10.1. The fourth-order valence-electron chi connectivity index (χ4n) is 17.1. The average molecular weight is 1970 g/mol. The lowest BCUT2D eigenvalue weighted by Gasteiger charge is -2.22. The summed E-state index contributed by atoms with van der Waals surface area (Å²) < 4.78 is 43.9. The minimum atomic E-state index is -0.750. The molecule has 20 rings (SSSR count). The number of rotatable bonds is 16. The summed E-state index contributed by atoms with van der Waals surface area (Å²) >= 11 is 24.8. The van der Waals surface area contributed by atoms with Crippen molar-refractivity contribution in [2.24, 2.45) is 0 Å². The molecule has 0 bridgehead atoms. The maximum absolute atomic E-state index is 14.8. The third-order valence-electron chi connectivity index (χ3n) is 23.6. The van der Waals surface area contributed by atoms with E-state index in [9.17, 15) is 42.7 Å². The van der Waals surface area contributed by atoms with Crippen molar-refractivity contribution >= 4 is 147 Å². The van der Waals surface area contributed by atoms with Gasteiger partial charge in [0.1, 0.15) is 28.1 Å². The molecule has 20 aromatic rings. The number of halogens is 5. The van der Waals surface area contributed by atoms with Crippen molar-refractivity contribution in [2.45, 2.75) is 108 Å². The number of hydrogen-bond acceptors (Lipinski definition) is 18. The summed E-state index contributed by atoms with van der Waals surface area (Å²) in [6.45, 7) is 20.1. The van der Waals surface area contributed by atoms with Gasteiger partial charge in [-0.1, -0.05) is 169 Å². The van der Waals surface area contributed by atoms with E-state index in [1.165, 1.54) is 21.2 Å². The van der Waals surface area contributed by atoms with Gasteiger partial charge in [-0.2, -0.15) is 28.8 Å². The molecule has 4 N–H and O–H groups in total. The van der Waals surface area contributed by atoms with Crippen molar-refractivity contribution in [1.29, 1.82) is 0 Å². The van der Waals surface area contributed by atoms with Gasteiger partial charge in [-0.25, -0.2) is 42.4 Å². The van der Waals surface area contributed by atoms with Crippen molar-refractivity contribution in [3.8, 4) is 22.7 Å². The predicted molar refractivity (Wildman–Crippen MR) is 542 cm³/mol. The first-order valence-electron chi connectivity index (χ1n) is 43.5. The van der Waals surface area contributed by atoms with Crippen LogP contribution in [0, 0.1) is 54.3 Å². The van der Waals surface area contributed by atoms with Gasteiger partial charge in [-0.3, -0.25) is 56.6 Å². The zero-order valence-electron chi connectivity index (χ0n) is 76.2. The Balaban J connectivity index is 0.000000139. The Bertz CT molecular complexity index is 8050. The number of pyridine rings is 4. The third-order valence-corrected chi connectivity index (χ3v) is 24.8. The van der Waals surface area contributed by atoms with Crippen LogP contribution in [-0.4, -0.2) is 109 Å². The number of carbonyl (C=O) groups is 4. The molecular weight excluding hydrogens is 1880 g/mol.